The molecule has 1 saturated heterocycles. The molecule has 2 amide bonds. The number of Topliss-reactive ketones (excluding diaryl/α,β-unsaturated/α-hetero) is 1. The third kappa shape index (κ3) is 5.58. The number of ketones is 1. The van der Waals surface area contributed by atoms with Gasteiger partial charge in [-0.1, -0.05) is 36.4 Å². The first-order chi connectivity index (χ1) is 22.8. The van der Waals surface area contributed by atoms with Crippen LogP contribution in [0.2, 0.25) is 0 Å². The van der Waals surface area contributed by atoms with Crippen LogP contribution in [0.4, 0.5) is 5.69 Å². The fourth-order valence-electron chi connectivity index (χ4n) is 7.47. The van der Waals surface area contributed by atoms with Crippen LogP contribution in [0, 0.1) is 23.7 Å². The monoisotopic (exact) mass is 629 g/mol. The van der Waals surface area contributed by atoms with E-state index in [0.717, 1.165) is 12.8 Å². The summed E-state index contributed by atoms with van der Waals surface area (Å²) >= 11 is 0. The van der Waals surface area contributed by atoms with E-state index < -0.39 is 24.3 Å². The average Bonchev–Trinajstić information content (AvgIpc) is 3.78. The van der Waals surface area contributed by atoms with Crippen molar-refractivity contribution in [3.05, 3.63) is 125 Å². The first-order valence-electron chi connectivity index (χ1n) is 15.5. The minimum Gasteiger partial charge on any atom is -0.497 e. The molecule has 1 aliphatic heterocycles. The summed E-state index contributed by atoms with van der Waals surface area (Å²) in [4.78, 5) is 66.2. The maximum absolute atomic E-state index is 13.6. The quantitative estimate of drug-likeness (QED) is 0.0975. The molecule has 0 unspecified atom stereocenters. The Labute approximate surface area is 271 Å². The number of imide groups is 1. The molecule has 3 fully saturated rings. The number of hydrogen-bond acceptors (Lipinski definition) is 8. The van der Waals surface area contributed by atoms with Crippen molar-refractivity contribution in [1.29, 1.82) is 0 Å². The van der Waals surface area contributed by atoms with Gasteiger partial charge in [-0.2, -0.15) is 0 Å². The van der Waals surface area contributed by atoms with E-state index in [-0.39, 0.29) is 58.3 Å². The predicted octanol–water partition coefficient (Wildman–Crippen LogP) is 5.88. The molecule has 9 heteroatoms. The number of amides is 2. The van der Waals surface area contributed by atoms with E-state index in [1.54, 1.807) is 36.4 Å². The van der Waals surface area contributed by atoms with E-state index in [9.17, 15) is 24.0 Å². The van der Waals surface area contributed by atoms with Crippen molar-refractivity contribution in [2.75, 3.05) is 18.6 Å². The van der Waals surface area contributed by atoms with E-state index in [2.05, 4.69) is 12.1 Å². The second kappa shape index (κ2) is 12.3. The van der Waals surface area contributed by atoms with Crippen LogP contribution in [0.5, 0.6) is 11.5 Å². The molecule has 236 valence electrons. The van der Waals surface area contributed by atoms with E-state index in [4.69, 9.17) is 14.2 Å². The van der Waals surface area contributed by atoms with E-state index >= 15 is 0 Å². The number of nitrogens with zero attached hydrogens (tertiary/aromatic N) is 1. The molecule has 4 aromatic rings. The summed E-state index contributed by atoms with van der Waals surface area (Å²) in [7, 11) is 1.50. The Morgan fingerprint density at radius 3 is 2.13 bits per heavy atom. The highest BCUT2D eigenvalue weighted by Gasteiger charge is 2.64. The third-order valence-corrected chi connectivity index (χ3v) is 9.63. The molecule has 1 heterocycles. The molecule has 2 bridgehead atoms. The van der Waals surface area contributed by atoms with E-state index in [1.807, 2.05) is 18.2 Å². The van der Waals surface area contributed by atoms with Gasteiger partial charge < -0.3 is 14.2 Å². The zero-order valence-corrected chi connectivity index (χ0v) is 25.5. The minimum absolute atomic E-state index is 0.144. The normalized spacial score (nSPS) is 22.6. The number of methoxy groups -OCH3 is 1. The van der Waals surface area contributed by atoms with Crippen LogP contribution in [-0.2, 0) is 14.3 Å². The van der Waals surface area contributed by atoms with Crippen molar-refractivity contribution in [3.63, 3.8) is 0 Å². The molecule has 2 saturated carbocycles. The molecule has 9 nitrogen and oxygen atoms in total. The van der Waals surface area contributed by atoms with Gasteiger partial charge in [0.25, 0.3) is 0 Å². The van der Waals surface area contributed by atoms with Crippen LogP contribution in [0.15, 0.2) is 103 Å². The van der Waals surface area contributed by atoms with Gasteiger partial charge in [0.05, 0.1) is 35.8 Å². The highest BCUT2D eigenvalue weighted by atomic mass is 16.5. The van der Waals surface area contributed by atoms with Crippen LogP contribution in [0.1, 0.15) is 55.4 Å². The summed E-state index contributed by atoms with van der Waals surface area (Å²) in [6.45, 7) is -0.499. The van der Waals surface area contributed by atoms with Gasteiger partial charge in [0.2, 0.25) is 11.8 Å². The maximum atomic E-state index is 13.6. The molecule has 3 aliphatic rings. The molecule has 7 rings (SSSR count). The second-order valence-corrected chi connectivity index (χ2v) is 12.2. The molecule has 0 radical (unpaired) electrons. The number of esters is 2. The summed E-state index contributed by atoms with van der Waals surface area (Å²) in [5.41, 5.74) is 2.42. The Hall–Kier alpha value is -5.57. The van der Waals surface area contributed by atoms with Crippen molar-refractivity contribution in [3.8, 4) is 11.5 Å². The maximum Gasteiger partial charge on any atom is 0.343 e. The lowest BCUT2D eigenvalue weighted by molar-refractivity contribution is -0.123. The van der Waals surface area contributed by atoms with Crippen molar-refractivity contribution >= 4 is 35.2 Å². The number of carbonyl (C=O) groups excluding carboxylic acids is 5. The van der Waals surface area contributed by atoms with Crippen molar-refractivity contribution < 1.29 is 38.2 Å². The highest BCUT2D eigenvalue weighted by molar-refractivity contribution is 6.22. The molecular formula is C38H31NO8. The van der Waals surface area contributed by atoms with Crippen LogP contribution in [0.25, 0.3) is 0 Å². The van der Waals surface area contributed by atoms with Gasteiger partial charge in [0.1, 0.15) is 11.5 Å². The molecule has 5 atom stereocenters. The Bertz CT molecular complexity index is 1870. The van der Waals surface area contributed by atoms with Crippen molar-refractivity contribution in [2.24, 2.45) is 23.7 Å². The fourth-order valence-corrected chi connectivity index (χ4v) is 7.47. The van der Waals surface area contributed by atoms with E-state index in [1.165, 1.54) is 54.0 Å². The fraction of sp³-hybridized carbons (Fsp3) is 0.237. The van der Waals surface area contributed by atoms with Crippen molar-refractivity contribution in [2.45, 2.75) is 18.8 Å². The number of carbonyl (C=O) groups is 5. The Morgan fingerprint density at radius 2 is 1.40 bits per heavy atom. The zero-order valence-electron chi connectivity index (χ0n) is 25.5. The van der Waals surface area contributed by atoms with Gasteiger partial charge in [0.15, 0.2) is 12.4 Å². The standard InChI is InChI=1S/C38H31NO8/c1-45-29-9-5-8-25(18-29)38(44)47-28-16-12-23(13-17-28)32(40)21-46-37(43)24-10-14-27(15-11-24)39-35(41)33-26-19-30(22-6-3-2-4-7-22)31(20-26)34(33)36(39)42/h2-18,26,30-31,33-34H,19-21H2,1H3/t26-,30+,31-,33+,34+/m1/s1. The number of fused-ring (bicyclic) bond motifs is 5. The Balaban J connectivity index is 0.943. The predicted molar refractivity (Wildman–Crippen MR) is 170 cm³/mol. The molecule has 0 N–H and O–H groups in total. The summed E-state index contributed by atoms with van der Waals surface area (Å²) in [6.07, 6.45) is 1.81. The largest absolute Gasteiger partial charge is 0.497 e. The highest BCUT2D eigenvalue weighted by Crippen LogP contribution is 2.61. The van der Waals surface area contributed by atoms with Gasteiger partial charge in [-0.3, -0.25) is 19.3 Å². The molecular weight excluding hydrogens is 598 g/mol. The number of benzene rings is 4. The summed E-state index contributed by atoms with van der Waals surface area (Å²) in [5.74, 6) is -1.31. The number of rotatable bonds is 9. The van der Waals surface area contributed by atoms with Crippen molar-refractivity contribution in [1.82, 2.24) is 0 Å². The molecule has 47 heavy (non-hydrogen) atoms. The Morgan fingerprint density at radius 1 is 0.702 bits per heavy atom. The molecule has 0 aromatic heterocycles. The van der Waals surface area contributed by atoms with Crippen LogP contribution in [-0.4, -0.2) is 43.3 Å². The lowest BCUT2D eigenvalue weighted by atomic mass is 9.73. The SMILES string of the molecule is COc1cccc(C(=O)Oc2ccc(C(=O)COC(=O)c3ccc(N4C(=O)[C@H]5[C@H]6C[C@@H]([C@@H]5C4=O)[C@H](c4ccccc4)C6)cc3)cc2)c1. The first-order valence-corrected chi connectivity index (χ1v) is 15.5. The Kier molecular flexibility index (Phi) is 7.89. The van der Waals surface area contributed by atoms with Gasteiger partial charge in [0, 0.05) is 5.56 Å². The van der Waals surface area contributed by atoms with Gasteiger partial charge in [-0.15, -0.1) is 0 Å². The first kappa shape index (κ1) is 30.1. The number of anilines is 1. The lowest BCUT2D eigenvalue weighted by Gasteiger charge is -2.28. The molecule has 4 aromatic carbocycles. The van der Waals surface area contributed by atoms with Gasteiger partial charge in [-0.05, 0) is 103 Å². The molecule has 2 aliphatic carbocycles. The van der Waals surface area contributed by atoms with Crippen LogP contribution >= 0.6 is 0 Å². The number of ether oxygens (including phenoxy) is 3. The minimum atomic E-state index is -0.714. The average molecular weight is 630 g/mol. The van der Waals surface area contributed by atoms with Crippen LogP contribution in [0.3, 0.4) is 0 Å². The zero-order chi connectivity index (χ0) is 32.7. The van der Waals surface area contributed by atoms with E-state index in [0.29, 0.717) is 17.0 Å². The second-order valence-electron chi connectivity index (χ2n) is 12.2. The van der Waals surface area contributed by atoms with Gasteiger partial charge in [-0.25, -0.2) is 9.59 Å². The van der Waals surface area contributed by atoms with Crippen LogP contribution < -0.4 is 14.4 Å². The molecule has 0 spiro atoms. The summed E-state index contributed by atoms with van der Waals surface area (Å²) < 4.78 is 15.7. The summed E-state index contributed by atoms with van der Waals surface area (Å²) in [5, 5.41) is 0. The smallest absolute Gasteiger partial charge is 0.343 e. The number of hydrogen-bond donors (Lipinski definition) is 0. The topological polar surface area (TPSA) is 116 Å². The third-order valence-electron chi connectivity index (χ3n) is 9.63. The van der Waals surface area contributed by atoms with Gasteiger partial charge >= 0.3 is 11.9 Å². The lowest BCUT2D eigenvalue weighted by Crippen LogP contribution is -2.33. The summed E-state index contributed by atoms with van der Waals surface area (Å²) in [6, 6.07) is 28.8.